The third kappa shape index (κ3) is 2.76. The summed E-state index contributed by atoms with van der Waals surface area (Å²) in [4.78, 5) is 29.7. The van der Waals surface area contributed by atoms with Crippen molar-refractivity contribution in [1.29, 1.82) is 0 Å². The number of benzene rings is 1. The Kier molecular flexibility index (Phi) is 3.39. The Balaban J connectivity index is 1.69. The van der Waals surface area contributed by atoms with Crippen molar-refractivity contribution in [2.45, 2.75) is 13.3 Å². The fourth-order valence-corrected chi connectivity index (χ4v) is 2.34. The van der Waals surface area contributed by atoms with Gasteiger partial charge in [-0.05, 0) is 19.1 Å². The lowest BCUT2D eigenvalue weighted by molar-refractivity contribution is -0.122. The Morgan fingerprint density at radius 1 is 1.38 bits per heavy atom. The van der Waals surface area contributed by atoms with Crippen molar-refractivity contribution in [3.8, 4) is 0 Å². The van der Waals surface area contributed by atoms with Crippen LogP contribution in [-0.4, -0.2) is 33.5 Å². The second kappa shape index (κ2) is 5.35. The van der Waals surface area contributed by atoms with Crippen LogP contribution in [0.3, 0.4) is 0 Å². The standard InChI is InChI=1S/C14H15N5O2/c1-9-2-4-11(5-3-9)19-7-10(6-12(19)20)13(21)17-14-15-8-16-18-14/h2-5,8,10H,6-7H2,1H3,(H2,15,16,17,18,21). The van der Waals surface area contributed by atoms with Crippen molar-refractivity contribution in [3.63, 3.8) is 0 Å². The number of rotatable bonds is 3. The number of amides is 2. The second-order valence-electron chi connectivity index (χ2n) is 5.06. The highest BCUT2D eigenvalue weighted by atomic mass is 16.2. The molecule has 21 heavy (non-hydrogen) atoms. The molecule has 2 amide bonds. The maximum atomic E-state index is 12.1. The first kappa shape index (κ1) is 13.3. The zero-order valence-electron chi connectivity index (χ0n) is 11.5. The summed E-state index contributed by atoms with van der Waals surface area (Å²) in [6, 6.07) is 7.68. The topological polar surface area (TPSA) is 91.0 Å². The maximum Gasteiger partial charge on any atom is 0.232 e. The van der Waals surface area contributed by atoms with E-state index >= 15 is 0 Å². The molecule has 1 fully saturated rings. The zero-order valence-corrected chi connectivity index (χ0v) is 11.5. The van der Waals surface area contributed by atoms with Crippen LogP contribution in [0.15, 0.2) is 30.6 Å². The van der Waals surface area contributed by atoms with Crippen LogP contribution in [0.5, 0.6) is 0 Å². The van der Waals surface area contributed by atoms with Crippen molar-refractivity contribution in [3.05, 3.63) is 36.2 Å². The van der Waals surface area contributed by atoms with Crippen LogP contribution in [0.25, 0.3) is 0 Å². The summed E-state index contributed by atoms with van der Waals surface area (Å²) in [7, 11) is 0. The van der Waals surface area contributed by atoms with Gasteiger partial charge in [-0.3, -0.25) is 14.9 Å². The van der Waals surface area contributed by atoms with Crippen LogP contribution >= 0.6 is 0 Å². The van der Waals surface area contributed by atoms with E-state index in [2.05, 4.69) is 20.5 Å². The molecule has 108 valence electrons. The highest BCUT2D eigenvalue weighted by Crippen LogP contribution is 2.25. The van der Waals surface area contributed by atoms with Gasteiger partial charge in [-0.2, -0.15) is 10.1 Å². The molecular formula is C14H15N5O2. The number of H-pyrrole nitrogens is 1. The van der Waals surface area contributed by atoms with Gasteiger partial charge in [0.1, 0.15) is 6.33 Å². The number of hydrogen-bond donors (Lipinski definition) is 2. The average molecular weight is 285 g/mol. The van der Waals surface area contributed by atoms with Gasteiger partial charge in [0.2, 0.25) is 17.8 Å². The molecule has 1 aliphatic heterocycles. The van der Waals surface area contributed by atoms with Gasteiger partial charge in [-0.15, -0.1) is 0 Å². The minimum atomic E-state index is -0.385. The first-order chi connectivity index (χ1) is 10.1. The molecule has 7 heteroatoms. The van der Waals surface area contributed by atoms with Gasteiger partial charge in [0.15, 0.2) is 0 Å². The zero-order chi connectivity index (χ0) is 14.8. The molecule has 1 aromatic carbocycles. The predicted octanol–water partition coefficient (Wildman–Crippen LogP) is 1.10. The minimum absolute atomic E-state index is 0.0448. The van der Waals surface area contributed by atoms with E-state index < -0.39 is 0 Å². The summed E-state index contributed by atoms with van der Waals surface area (Å²) < 4.78 is 0. The van der Waals surface area contributed by atoms with Crippen molar-refractivity contribution < 1.29 is 9.59 Å². The smallest absolute Gasteiger partial charge is 0.232 e. The lowest BCUT2D eigenvalue weighted by Crippen LogP contribution is -2.28. The summed E-state index contributed by atoms with van der Waals surface area (Å²) in [6.07, 6.45) is 1.52. The summed E-state index contributed by atoms with van der Waals surface area (Å²) in [5.74, 6) is -0.364. The highest BCUT2D eigenvalue weighted by Gasteiger charge is 2.35. The van der Waals surface area contributed by atoms with Crippen molar-refractivity contribution >= 4 is 23.5 Å². The number of nitrogens with one attached hydrogen (secondary N) is 2. The quantitative estimate of drug-likeness (QED) is 0.883. The lowest BCUT2D eigenvalue weighted by Gasteiger charge is -2.16. The predicted molar refractivity (Wildman–Crippen MR) is 76.7 cm³/mol. The van der Waals surface area contributed by atoms with Gasteiger partial charge in [-0.1, -0.05) is 17.7 Å². The van der Waals surface area contributed by atoms with Crippen LogP contribution in [0.2, 0.25) is 0 Å². The Morgan fingerprint density at radius 2 is 2.14 bits per heavy atom. The van der Waals surface area contributed by atoms with E-state index in [9.17, 15) is 9.59 Å². The van der Waals surface area contributed by atoms with Gasteiger partial charge in [-0.25, -0.2) is 5.10 Å². The van der Waals surface area contributed by atoms with Crippen molar-refractivity contribution in [1.82, 2.24) is 15.2 Å². The van der Waals surface area contributed by atoms with E-state index in [0.29, 0.717) is 12.5 Å². The van der Waals surface area contributed by atoms with Crippen LogP contribution in [0.4, 0.5) is 11.6 Å². The number of aryl methyl sites for hydroxylation is 1. The molecule has 1 atom stereocenters. The van der Waals surface area contributed by atoms with E-state index in [1.165, 1.54) is 6.33 Å². The van der Waals surface area contributed by atoms with E-state index in [0.717, 1.165) is 11.3 Å². The normalized spacial score (nSPS) is 18.0. The number of aromatic amines is 1. The molecule has 1 saturated heterocycles. The average Bonchev–Trinajstić information content (AvgIpc) is 3.09. The Bertz CT molecular complexity index is 651. The molecule has 0 spiro atoms. The van der Waals surface area contributed by atoms with E-state index in [1.54, 1.807) is 4.90 Å². The summed E-state index contributed by atoms with van der Waals surface area (Å²) >= 11 is 0. The maximum absolute atomic E-state index is 12.1. The van der Waals surface area contributed by atoms with E-state index in [-0.39, 0.29) is 24.2 Å². The Labute approximate surface area is 121 Å². The van der Waals surface area contributed by atoms with Crippen LogP contribution in [0.1, 0.15) is 12.0 Å². The molecule has 2 heterocycles. The van der Waals surface area contributed by atoms with E-state index in [1.807, 2.05) is 31.2 Å². The second-order valence-corrected chi connectivity index (χ2v) is 5.06. The molecule has 2 aromatic rings. The number of carbonyl (C=O) groups excluding carboxylic acids is 2. The van der Waals surface area contributed by atoms with Crippen molar-refractivity contribution in [2.75, 3.05) is 16.8 Å². The number of aromatic nitrogens is 3. The molecule has 3 rings (SSSR count). The highest BCUT2D eigenvalue weighted by molar-refractivity contribution is 6.03. The minimum Gasteiger partial charge on any atom is -0.312 e. The molecule has 1 aromatic heterocycles. The number of carbonyl (C=O) groups is 2. The van der Waals surface area contributed by atoms with E-state index in [4.69, 9.17) is 0 Å². The van der Waals surface area contributed by atoms with Gasteiger partial charge >= 0.3 is 0 Å². The van der Waals surface area contributed by atoms with Crippen LogP contribution < -0.4 is 10.2 Å². The molecule has 0 aliphatic carbocycles. The Morgan fingerprint density at radius 3 is 2.81 bits per heavy atom. The molecule has 7 nitrogen and oxygen atoms in total. The summed E-state index contributed by atoms with van der Waals surface area (Å²) in [5, 5.41) is 8.84. The first-order valence-electron chi connectivity index (χ1n) is 6.67. The van der Waals surface area contributed by atoms with Gasteiger partial charge in [0.25, 0.3) is 0 Å². The molecule has 1 aliphatic rings. The number of hydrogen-bond acceptors (Lipinski definition) is 4. The van der Waals surface area contributed by atoms with Gasteiger partial charge < -0.3 is 4.90 Å². The molecule has 0 bridgehead atoms. The number of anilines is 2. The molecular weight excluding hydrogens is 270 g/mol. The first-order valence-corrected chi connectivity index (χ1v) is 6.67. The summed E-state index contributed by atoms with van der Waals surface area (Å²) in [5.41, 5.74) is 1.95. The summed E-state index contributed by atoms with van der Waals surface area (Å²) in [6.45, 7) is 2.37. The van der Waals surface area contributed by atoms with Crippen LogP contribution in [0, 0.1) is 12.8 Å². The molecule has 0 saturated carbocycles. The SMILES string of the molecule is Cc1ccc(N2CC(C(=O)Nc3ncn[nH]3)CC2=O)cc1. The third-order valence-electron chi connectivity index (χ3n) is 3.50. The van der Waals surface area contributed by atoms with Crippen LogP contribution in [-0.2, 0) is 9.59 Å². The monoisotopic (exact) mass is 285 g/mol. The van der Waals surface area contributed by atoms with Crippen molar-refractivity contribution in [2.24, 2.45) is 5.92 Å². The lowest BCUT2D eigenvalue weighted by atomic mass is 10.1. The third-order valence-corrected chi connectivity index (χ3v) is 3.50. The largest absolute Gasteiger partial charge is 0.312 e. The number of nitrogens with zero attached hydrogens (tertiary/aromatic N) is 3. The molecule has 1 unspecified atom stereocenters. The van der Waals surface area contributed by atoms with Gasteiger partial charge in [0.05, 0.1) is 5.92 Å². The fraction of sp³-hybridized carbons (Fsp3) is 0.286. The Hall–Kier alpha value is -2.70. The molecule has 0 radical (unpaired) electrons. The fourth-order valence-electron chi connectivity index (χ4n) is 2.34. The molecule has 2 N–H and O–H groups in total. The van der Waals surface area contributed by atoms with Gasteiger partial charge in [0, 0.05) is 18.7 Å².